The molecule has 1 heterocycles. The Balaban J connectivity index is 1.65. The number of hydrogen-bond donors (Lipinski definition) is 1. The van der Waals surface area contributed by atoms with Gasteiger partial charge in [0.2, 0.25) is 0 Å². The summed E-state index contributed by atoms with van der Waals surface area (Å²) in [4.78, 5) is 37.5. The molecule has 1 saturated heterocycles. The molecule has 2 aromatic carbocycles. The molecule has 0 spiro atoms. The molecule has 3 rings (SSSR count). The van der Waals surface area contributed by atoms with Crippen LogP contribution in [0.3, 0.4) is 0 Å². The predicted molar refractivity (Wildman–Crippen MR) is 97.2 cm³/mol. The predicted octanol–water partition coefficient (Wildman–Crippen LogP) is 2.36. The minimum Gasteiger partial charge on any atom is -0.489 e. The lowest BCUT2D eigenvalue weighted by Crippen LogP contribution is -2.41. The summed E-state index contributed by atoms with van der Waals surface area (Å²) < 4.78 is 11.0. The van der Waals surface area contributed by atoms with Crippen LogP contribution in [0.2, 0.25) is 0 Å². The molecular formula is C20H20N2O5. The first-order chi connectivity index (χ1) is 13.1. The molecule has 1 N–H and O–H groups in total. The van der Waals surface area contributed by atoms with Gasteiger partial charge >= 0.3 is 12.0 Å². The maximum absolute atomic E-state index is 12.5. The van der Waals surface area contributed by atoms with E-state index < -0.39 is 24.0 Å². The van der Waals surface area contributed by atoms with Gasteiger partial charge in [-0.05, 0) is 25.1 Å². The Morgan fingerprint density at radius 1 is 1.11 bits per heavy atom. The summed E-state index contributed by atoms with van der Waals surface area (Å²) in [6, 6.07) is 15.7. The standard InChI is InChI=1S/C20H20N2O5/c1-14(18(23)22-12-11-21-20(22)25)27-19(24)17-10-6-5-7-15(17)13-26-16-8-3-2-4-9-16/h2-10,14H,11-13H2,1H3,(H,21,25)/t14-/m1/s1. The lowest BCUT2D eigenvalue weighted by molar-refractivity contribution is -0.136. The number of carbonyl (C=O) groups excluding carboxylic acids is 3. The average Bonchev–Trinajstić information content (AvgIpc) is 3.12. The van der Waals surface area contributed by atoms with Gasteiger partial charge in [-0.25, -0.2) is 9.59 Å². The molecule has 27 heavy (non-hydrogen) atoms. The Morgan fingerprint density at radius 2 is 1.81 bits per heavy atom. The highest BCUT2D eigenvalue weighted by Gasteiger charge is 2.32. The van der Waals surface area contributed by atoms with Gasteiger partial charge in [0, 0.05) is 18.7 Å². The van der Waals surface area contributed by atoms with E-state index in [0.29, 0.717) is 23.4 Å². The Labute approximate surface area is 156 Å². The minimum absolute atomic E-state index is 0.187. The molecule has 0 saturated carbocycles. The number of ether oxygens (including phenoxy) is 2. The second-order valence-electron chi connectivity index (χ2n) is 6.03. The van der Waals surface area contributed by atoms with Crippen LogP contribution in [0.4, 0.5) is 4.79 Å². The summed E-state index contributed by atoms with van der Waals surface area (Å²) in [5.74, 6) is -0.497. The lowest BCUT2D eigenvalue weighted by atomic mass is 10.1. The van der Waals surface area contributed by atoms with Gasteiger partial charge in [0.25, 0.3) is 5.91 Å². The summed E-state index contributed by atoms with van der Waals surface area (Å²) >= 11 is 0. The van der Waals surface area contributed by atoms with Crippen molar-refractivity contribution in [3.05, 3.63) is 65.7 Å². The number of nitrogens with one attached hydrogen (secondary N) is 1. The van der Waals surface area contributed by atoms with Crippen LogP contribution < -0.4 is 10.1 Å². The number of esters is 1. The third-order valence-electron chi connectivity index (χ3n) is 4.13. The van der Waals surface area contributed by atoms with Gasteiger partial charge in [-0.2, -0.15) is 0 Å². The smallest absolute Gasteiger partial charge is 0.339 e. The molecule has 1 aliphatic rings. The van der Waals surface area contributed by atoms with Crippen LogP contribution in [-0.4, -0.2) is 42.0 Å². The van der Waals surface area contributed by atoms with E-state index in [0.717, 1.165) is 4.90 Å². The first-order valence-corrected chi connectivity index (χ1v) is 8.62. The fraction of sp³-hybridized carbons (Fsp3) is 0.250. The van der Waals surface area contributed by atoms with E-state index in [4.69, 9.17) is 9.47 Å². The molecule has 0 aliphatic carbocycles. The van der Waals surface area contributed by atoms with Gasteiger partial charge in [-0.1, -0.05) is 36.4 Å². The van der Waals surface area contributed by atoms with Crippen molar-refractivity contribution >= 4 is 17.9 Å². The highest BCUT2D eigenvalue weighted by atomic mass is 16.5. The number of amides is 3. The maximum atomic E-state index is 12.5. The van der Waals surface area contributed by atoms with Crippen molar-refractivity contribution in [2.75, 3.05) is 13.1 Å². The monoisotopic (exact) mass is 368 g/mol. The molecule has 0 unspecified atom stereocenters. The van der Waals surface area contributed by atoms with Crippen molar-refractivity contribution in [2.24, 2.45) is 0 Å². The fourth-order valence-corrected chi connectivity index (χ4v) is 2.70. The number of rotatable bonds is 6. The maximum Gasteiger partial charge on any atom is 0.339 e. The SMILES string of the molecule is C[C@@H](OC(=O)c1ccccc1COc1ccccc1)C(=O)N1CCNC1=O. The number of imide groups is 1. The van der Waals surface area contributed by atoms with Crippen molar-refractivity contribution in [3.8, 4) is 5.75 Å². The van der Waals surface area contributed by atoms with Crippen molar-refractivity contribution < 1.29 is 23.9 Å². The Morgan fingerprint density at radius 3 is 2.52 bits per heavy atom. The van der Waals surface area contributed by atoms with Crippen molar-refractivity contribution in [1.82, 2.24) is 10.2 Å². The van der Waals surface area contributed by atoms with E-state index in [-0.39, 0.29) is 13.2 Å². The lowest BCUT2D eigenvalue weighted by Gasteiger charge is -2.19. The van der Waals surface area contributed by atoms with E-state index >= 15 is 0 Å². The average molecular weight is 368 g/mol. The second-order valence-corrected chi connectivity index (χ2v) is 6.03. The van der Waals surface area contributed by atoms with Gasteiger partial charge in [0.05, 0.1) is 5.56 Å². The third kappa shape index (κ3) is 4.44. The Hall–Kier alpha value is -3.35. The topological polar surface area (TPSA) is 84.9 Å². The van der Waals surface area contributed by atoms with Gasteiger partial charge in [-0.15, -0.1) is 0 Å². The molecule has 7 nitrogen and oxygen atoms in total. The first kappa shape index (κ1) is 18.4. The molecule has 1 fully saturated rings. The van der Waals surface area contributed by atoms with Crippen LogP contribution >= 0.6 is 0 Å². The Kier molecular flexibility index (Phi) is 5.71. The minimum atomic E-state index is -1.07. The van der Waals surface area contributed by atoms with Crippen molar-refractivity contribution in [3.63, 3.8) is 0 Å². The van der Waals surface area contributed by atoms with Gasteiger partial charge in [-0.3, -0.25) is 9.69 Å². The van der Waals surface area contributed by atoms with Crippen LogP contribution in [0.1, 0.15) is 22.8 Å². The molecule has 0 aromatic heterocycles. The number of para-hydroxylation sites is 1. The van der Waals surface area contributed by atoms with Gasteiger partial charge in [0.15, 0.2) is 6.10 Å². The molecule has 1 atom stereocenters. The number of hydrogen-bond acceptors (Lipinski definition) is 5. The summed E-state index contributed by atoms with van der Waals surface area (Å²) in [6.45, 7) is 2.30. The zero-order chi connectivity index (χ0) is 19.2. The highest BCUT2D eigenvalue weighted by molar-refractivity contribution is 5.99. The van der Waals surface area contributed by atoms with Crippen LogP contribution in [0.25, 0.3) is 0 Å². The van der Waals surface area contributed by atoms with E-state index in [1.54, 1.807) is 24.3 Å². The molecule has 0 radical (unpaired) electrons. The Bertz CT molecular complexity index is 837. The molecule has 0 bridgehead atoms. The van der Waals surface area contributed by atoms with E-state index in [9.17, 15) is 14.4 Å². The number of urea groups is 1. The molecule has 1 aliphatic heterocycles. The van der Waals surface area contributed by atoms with Gasteiger partial charge < -0.3 is 14.8 Å². The number of carbonyl (C=O) groups is 3. The normalized spacial score (nSPS) is 14.4. The van der Waals surface area contributed by atoms with E-state index in [1.165, 1.54) is 6.92 Å². The fourth-order valence-electron chi connectivity index (χ4n) is 2.70. The van der Waals surface area contributed by atoms with Crippen LogP contribution in [0.15, 0.2) is 54.6 Å². The van der Waals surface area contributed by atoms with E-state index in [2.05, 4.69) is 5.32 Å². The van der Waals surface area contributed by atoms with Crippen LogP contribution in [-0.2, 0) is 16.1 Å². The number of benzene rings is 2. The number of nitrogens with zero attached hydrogens (tertiary/aromatic N) is 1. The summed E-state index contributed by atoms with van der Waals surface area (Å²) in [6.07, 6.45) is -1.07. The van der Waals surface area contributed by atoms with Crippen LogP contribution in [0.5, 0.6) is 5.75 Å². The molecule has 2 aromatic rings. The third-order valence-corrected chi connectivity index (χ3v) is 4.13. The molecule has 140 valence electrons. The largest absolute Gasteiger partial charge is 0.489 e. The quantitative estimate of drug-likeness (QED) is 0.791. The van der Waals surface area contributed by atoms with Crippen LogP contribution in [0, 0.1) is 0 Å². The zero-order valence-electron chi connectivity index (χ0n) is 14.9. The first-order valence-electron chi connectivity index (χ1n) is 8.62. The molecule has 7 heteroatoms. The summed E-state index contributed by atoms with van der Waals surface area (Å²) in [5, 5.41) is 2.54. The van der Waals surface area contributed by atoms with Gasteiger partial charge in [0.1, 0.15) is 12.4 Å². The second kappa shape index (κ2) is 8.35. The highest BCUT2D eigenvalue weighted by Crippen LogP contribution is 2.16. The van der Waals surface area contributed by atoms with E-state index in [1.807, 2.05) is 30.3 Å². The summed E-state index contributed by atoms with van der Waals surface area (Å²) in [5.41, 5.74) is 0.962. The molecule has 3 amide bonds. The zero-order valence-corrected chi connectivity index (χ0v) is 14.9. The van der Waals surface area contributed by atoms with Crippen molar-refractivity contribution in [2.45, 2.75) is 19.6 Å². The molecular weight excluding hydrogens is 348 g/mol. The van der Waals surface area contributed by atoms with Crippen molar-refractivity contribution in [1.29, 1.82) is 0 Å². The summed E-state index contributed by atoms with van der Waals surface area (Å²) in [7, 11) is 0.